The second-order valence-electron chi connectivity index (χ2n) is 9.65. The van der Waals surface area contributed by atoms with Gasteiger partial charge in [-0.3, -0.25) is 0 Å². The van der Waals surface area contributed by atoms with Gasteiger partial charge < -0.3 is 19.3 Å². The third kappa shape index (κ3) is 5.20. The zero-order valence-electron chi connectivity index (χ0n) is 18.3. The van der Waals surface area contributed by atoms with Crippen LogP contribution in [0.25, 0.3) is 0 Å². The maximum absolute atomic E-state index is 5.65. The number of ether oxygens (including phenoxy) is 2. The third-order valence-electron chi connectivity index (χ3n) is 7.17. The van der Waals surface area contributed by atoms with Crippen molar-refractivity contribution in [3.8, 4) is 0 Å². The van der Waals surface area contributed by atoms with Crippen LogP contribution in [0.3, 0.4) is 0 Å². The normalized spacial score (nSPS) is 26.3. The number of nitrogens with zero attached hydrogens (tertiary/aromatic N) is 2. The summed E-state index contributed by atoms with van der Waals surface area (Å²) in [5.41, 5.74) is 0. The summed E-state index contributed by atoms with van der Waals surface area (Å²) >= 11 is 0. The van der Waals surface area contributed by atoms with Gasteiger partial charge in [0.15, 0.2) is 0 Å². The Morgan fingerprint density at radius 2 is 1.74 bits per heavy atom. The highest BCUT2D eigenvalue weighted by Gasteiger charge is 2.36. The Morgan fingerprint density at radius 3 is 2.30 bits per heavy atom. The predicted octanol–water partition coefficient (Wildman–Crippen LogP) is 4.37. The van der Waals surface area contributed by atoms with E-state index < -0.39 is 0 Å². The summed E-state index contributed by atoms with van der Waals surface area (Å²) in [5.74, 6) is 4.43. The van der Waals surface area contributed by atoms with E-state index in [9.17, 15) is 0 Å². The largest absolute Gasteiger partial charge is 0.381 e. The van der Waals surface area contributed by atoms with Crippen LogP contribution in [-0.4, -0.2) is 61.4 Å². The van der Waals surface area contributed by atoms with Crippen LogP contribution in [0.4, 0.5) is 0 Å². The van der Waals surface area contributed by atoms with Crippen LogP contribution in [0, 0.1) is 23.7 Å². The van der Waals surface area contributed by atoms with Gasteiger partial charge in [-0.15, -0.1) is 0 Å². The molecule has 0 bridgehead atoms. The lowest BCUT2D eigenvalue weighted by molar-refractivity contribution is -0.0713. The van der Waals surface area contributed by atoms with Crippen molar-refractivity contribution in [3.63, 3.8) is 0 Å². The Bertz CT molecular complexity index is 481. The van der Waals surface area contributed by atoms with Crippen LogP contribution in [0.5, 0.6) is 0 Å². The predicted molar refractivity (Wildman–Crippen MR) is 112 cm³/mol. The highest BCUT2D eigenvalue weighted by atomic mass is 16.5. The van der Waals surface area contributed by atoms with Gasteiger partial charge in [-0.25, -0.2) is 0 Å². The van der Waals surface area contributed by atoms with E-state index >= 15 is 0 Å². The van der Waals surface area contributed by atoms with Crippen molar-refractivity contribution >= 4 is 0 Å². The fraction of sp³-hybridized carbons (Fsp3) is 0.913. The fourth-order valence-corrected chi connectivity index (χ4v) is 4.49. The summed E-state index contributed by atoms with van der Waals surface area (Å²) in [6.07, 6.45) is 7.50. The van der Waals surface area contributed by atoms with E-state index in [-0.39, 0.29) is 0 Å². The lowest BCUT2D eigenvalue weighted by Crippen LogP contribution is -2.55. The van der Waals surface area contributed by atoms with Crippen LogP contribution in [0.2, 0.25) is 0 Å². The lowest BCUT2D eigenvalue weighted by atomic mass is 9.88. The van der Waals surface area contributed by atoms with Gasteiger partial charge in [-0.2, -0.15) is 0 Å². The zero-order chi connectivity index (χ0) is 19.4. The smallest absolute Gasteiger partial charge is 0.101 e. The molecule has 156 valence electrons. The van der Waals surface area contributed by atoms with Crippen LogP contribution >= 0.6 is 0 Å². The van der Waals surface area contributed by atoms with Gasteiger partial charge in [0, 0.05) is 32.3 Å². The topological polar surface area (TPSA) is 24.9 Å². The molecular formula is C23H42N2O2. The second kappa shape index (κ2) is 9.65. The molecule has 2 atom stereocenters. The van der Waals surface area contributed by atoms with Crippen LogP contribution in [0.15, 0.2) is 11.9 Å². The molecule has 2 saturated heterocycles. The Morgan fingerprint density at radius 1 is 1.04 bits per heavy atom. The van der Waals surface area contributed by atoms with E-state index in [1.54, 1.807) is 0 Å². The Balaban J connectivity index is 1.80. The summed E-state index contributed by atoms with van der Waals surface area (Å²) < 4.78 is 11.3. The summed E-state index contributed by atoms with van der Waals surface area (Å²) in [6.45, 7) is 17.8. The molecule has 0 radical (unpaired) electrons. The molecule has 0 saturated carbocycles. The first-order valence-corrected chi connectivity index (χ1v) is 11.4. The van der Waals surface area contributed by atoms with Crippen LogP contribution < -0.4 is 0 Å². The van der Waals surface area contributed by atoms with Crippen molar-refractivity contribution in [1.29, 1.82) is 0 Å². The number of hydrogen-bond acceptors (Lipinski definition) is 4. The van der Waals surface area contributed by atoms with Crippen molar-refractivity contribution < 1.29 is 9.47 Å². The van der Waals surface area contributed by atoms with E-state index in [1.807, 2.05) is 0 Å². The minimum atomic E-state index is 0.559. The van der Waals surface area contributed by atoms with E-state index in [0.717, 1.165) is 44.8 Å². The molecule has 2 unspecified atom stereocenters. The van der Waals surface area contributed by atoms with Crippen molar-refractivity contribution in [3.05, 3.63) is 11.9 Å². The molecule has 3 aliphatic rings. The van der Waals surface area contributed by atoms with Gasteiger partial charge in [0.05, 0.1) is 19.3 Å². The Kier molecular flexibility index (Phi) is 7.49. The first-order chi connectivity index (χ1) is 13.0. The highest BCUT2D eigenvalue weighted by Crippen LogP contribution is 2.34. The molecule has 0 spiro atoms. The molecule has 0 aromatic heterocycles. The maximum atomic E-state index is 5.65. The van der Waals surface area contributed by atoms with E-state index in [4.69, 9.17) is 9.47 Å². The highest BCUT2D eigenvalue weighted by molar-refractivity contribution is 5.12. The molecule has 3 aliphatic heterocycles. The minimum absolute atomic E-state index is 0.559. The number of hydrogen-bond donors (Lipinski definition) is 0. The standard InChI is InChI=1S/C23H42N2O2/c1-17(2)19(5)6-10-25(22-15-27-16-22)23-14-20(18(3)4)7-11-24(23)21-8-12-26-13-9-21/h14,17-22H,6-13,15-16H2,1-5H3. The van der Waals surface area contributed by atoms with Gasteiger partial charge in [0.1, 0.15) is 5.82 Å². The molecule has 0 aromatic carbocycles. The van der Waals surface area contributed by atoms with Gasteiger partial charge in [0.25, 0.3) is 0 Å². The lowest BCUT2D eigenvalue weighted by Gasteiger charge is -2.50. The SMILES string of the molecule is CC(C)C(C)CCN(C1=CC(C(C)C)CCN1C1CCOCC1)C1COC1. The summed E-state index contributed by atoms with van der Waals surface area (Å²) in [7, 11) is 0. The van der Waals surface area contributed by atoms with Crippen molar-refractivity contribution in [1.82, 2.24) is 9.80 Å². The molecule has 4 heteroatoms. The Hall–Kier alpha value is -0.740. The minimum Gasteiger partial charge on any atom is -0.381 e. The van der Waals surface area contributed by atoms with Gasteiger partial charge in [0.2, 0.25) is 0 Å². The summed E-state index contributed by atoms with van der Waals surface area (Å²) in [4.78, 5) is 5.45. The third-order valence-corrected chi connectivity index (χ3v) is 7.17. The van der Waals surface area contributed by atoms with Crippen molar-refractivity contribution in [2.75, 3.05) is 39.5 Å². The van der Waals surface area contributed by atoms with Gasteiger partial charge in [-0.05, 0) is 55.4 Å². The molecular weight excluding hydrogens is 336 g/mol. The molecule has 0 N–H and O–H groups in total. The second-order valence-corrected chi connectivity index (χ2v) is 9.65. The van der Waals surface area contributed by atoms with Crippen molar-refractivity contribution in [2.45, 2.75) is 72.4 Å². The molecule has 3 rings (SSSR count). The average molecular weight is 379 g/mol. The summed E-state index contributed by atoms with van der Waals surface area (Å²) in [6, 6.07) is 1.20. The quantitative estimate of drug-likeness (QED) is 0.626. The molecule has 0 amide bonds. The molecule has 0 aromatic rings. The van der Waals surface area contributed by atoms with Gasteiger partial charge >= 0.3 is 0 Å². The number of rotatable bonds is 8. The fourth-order valence-electron chi connectivity index (χ4n) is 4.49. The molecule has 2 fully saturated rings. The maximum Gasteiger partial charge on any atom is 0.101 e. The first kappa shape index (κ1) is 21.0. The zero-order valence-corrected chi connectivity index (χ0v) is 18.3. The van der Waals surface area contributed by atoms with Crippen LogP contribution in [-0.2, 0) is 9.47 Å². The van der Waals surface area contributed by atoms with Crippen molar-refractivity contribution in [2.24, 2.45) is 23.7 Å². The monoisotopic (exact) mass is 378 g/mol. The number of allylic oxidation sites excluding steroid dienone is 1. The van der Waals surface area contributed by atoms with E-state index in [1.165, 1.54) is 38.0 Å². The average Bonchev–Trinajstić information content (AvgIpc) is 2.63. The van der Waals surface area contributed by atoms with Gasteiger partial charge in [-0.1, -0.05) is 34.6 Å². The first-order valence-electron chi connectivity index (χ1n) is 11.4. The Labute approximate surface area is 167 Å². The van der Waals surface area contributed by atoms with E-state index in [0.29, 0.717) is 23.9 Å². The summed E-state index contributed by atoms with van der Waals surface area (Å²) in [5, 5.41) is 0. The molecule has 0 aliphatic carbocycles. The molecule has 27 heavy (non-hydrogen) atoms. The van der Waals surface area contributed by atoms with Crippen LogP contribution in [0.1, 0.15) is 60.3 Å². The molecule has 4 nitrogen and oxygen atoms in total. The van der Waals surface area contributed by atoms with E-state index in [2.05, 4.69) is 50.5 Å². The molecule has 3 heterocycles.